The Kier molecular flexibility index (Phi) is 28.9. The van der Waals surface area contributed by atoms with Gasteiger partial charge in [-0.25, -0.2) is 19.2 Å². The van der Waals surface area contributed by atoms with Crippen LogP contribution in [0.2, 0.25) is 40.2 Å². The van der Waals surface area contributed by atoms with E-state index < -0.39 is 59.2 Å². The second-order valence-corrected chi connectivity index (χ2v) is 31.4. The summed E-state index contributed by atoms with van der Waals surface area (Å²) in [6.07, 6.45) is -3.38. The lowest BCUT2D eigenvalue weighted by Crippen LogP contribution is -2.29. The summed E-state index contributed by atoms with van der Waals surface area (Å²) >= 11 is 49.3. The van der Waals surface area contributed by atoms with Crippen LogP contribution in [0.5, 0.6) is 0 Å². The van der Waals surface area contributed by atoms with Crippen molar-refractivity contribution in [1.29, 1.82) is 0 Å². The highest BCUT2D eigenvalue weighted by atomic mass is 35.5. The second kappa shape index (κ2) is 37.2. The van der Waals surface area contributed by atoms with Crippen LogP contribution in [0, 0.1) is 27.7 Å². The lowest BCUT2D eigenvalue weighted by Gasteiger charge is -2.29. The minimum atomic E-state index is -1.39. The third-order valence-electron chi connectivity index (χ3n) is 17.5. The first-order chi connectivity index (χ1) is 52.0. The summed E-state index contributed by atoms with van der Waals surface area (Å²) in [6, 6.07) is 59.6. The highest BCUT2D eigenvalue weighted by Gasteiger charge is 2.35. The summed E-state index contributed by atoms with van der Waals surface area (Å²) in [5.74, 6) is -3.66. The van der Waals surface area contributed by atoms with Crippen molar-refractivity contribution in [3.05, 3.63) is 279 Å². The molecule has 0 bridgehead atoms. The molecule has 12 nitrogen and oxygen atoms in total. The van der Waals surface area contributed by atoms with Crippen molar-refractivity contribution in [2.24, 2.45) is 0 Å². The molecule has 12 aromatic rings. The number of carboxylic acid groups (broad SMARTS) is 1. The van der Waals surface area contributed by atoms with Gasteiger partial charge in [0, 0.05) is 68.0 Å². The molecule has 3 atom stereocenters. The molecule has 0 saturated carbocycles. The number of ether oxygens (including phenoxy) is 5. The van der Waals surface area contributed by atoms with Crippen LogP contribution in [-0.2, 0) is 42.9 Å². The van der Waals surface area contributed by atoms with E-state index in [0.29, 0.717) is 68.0 Å². The van der Waals surface area contributed by atoms with Gasteiger partial charge >= 0.3 is 23.9 Å². The molecule has 0 amide bonds. The molecule has 0 aliphatic heterocycles. The first-order valence-corrected chi connectivity index (χ1v) is 38.3. The van der Waals surface area contributed by atoms with Crippen LogP contribution in [-0.4, -0.2) is 70.9 Å². The number of halogens is 8. The number of aliphatic hydroxyl groups is 1. The summed E-state index contributed by atoms with van der Waals surface area (Å²) in [4.78, 5) is 62.4. The maximum absolute atomic E-state index is 13.0. The molecular weight excluding hydrogens is 1560 g/mol. The van der Waals surface area contributed by atoms with Gasteiger partial charge in [0.2, 0.25) is 0 Å². The van der Waals surface area contributed by atoms with Crippen LogP contribution >= 0.6 is 92.8 Å². The van der Waals surface area contributed by atoms with E-state index in [1.807, 2.05) is 202 Å². The number of carboxylic acids is 1. The van der Waals surface area contributed by atoms with Gasteiger partial charge in [-0.1, -0.05) is 190 Å². The Morgan fingerprint density at radius 1 is 0.345 bits per heavy atom. The fourth-order valence-electron chi connectivity index (χ4n) is 13.1. The molecule has 0 heterocycles. The van der Waals surface area contributed by atoms with Crippen molar-refractivity contribution < 1.29 is 57.9 Å². The number of ketones is 1. The van der Waals surface area contributed by atoms with Crippen LogP contribution in [0.4, 0.5) is 0 Å². The van der Waals surface area contributed by atoms with Crippen molar-refractivity contribution in [3.8, 4) is 44.5 Å². The maximum atomic E-state index is 13.0. The Balaban J connectivity index is 0.000000169. The molecule has 0 aliphatic carbocycles. The number of esters is 3. The lowest BCUT2D eigenvalue weighted by molar-refractivity contribution is -0.166. The van der Waals surface area contributed by atoms with E-state index in [2.05, 4.69) is 6.07 Å². The molecule has 110 heavy (non-hydrogen) atoms. The number of fused-ring (bicyclic) bond motifs is 4. The van der Waals surface area contributed by atoms with Gasteiger partial charge in [0.15, 0.2) is 18.3 Å². The largest absolute Gasteiger partial charge is 0.479 e. The van der Waals surface area contributed by atoms with E-state index in [9.17, 15) is 34.2 Å². The van der Waals surface area contributed by atoms with Gasteiger partial charge in [0.25, 0.3) is 5.78 Å². The van der Waals surface area contributed by atoms with Crippen molar-refractivity contribution in [2.75, 3.05) is 19.8 Å². The molecule has 3 unspecified atom stereocenters. The summed E-state index contributed by atoms with van der Waals surface area (Å²) in [6.45, 7) is 24.7. The Hall–Kier alpha value is -8.57. The molecule has 12 aromatic carbocycles. The molecule has 2 N–H and O–H groups in total. The van der Waals surface area contributed by atoms with Crippen LogP contribution < -0.4 is 0 Å². The van der Waals surface area contributed by atoms with Crippen LogP contribution in [0.1, 0.15) is 130 Å². The molecule has 0 aromatic heterocycles. The molecule has 0 fully saturated rings. The number of aryl methyl sites for hydroxylation is 4. The van der Waals surface area contributed by atoms with E-state index in [1.165, 1.54) is 0 Å². The molecule has 20 heteroatoms. The highest BCUT2D eigenvalue weighted by molar-refractivity contribution is 6.43. The number of aliphatic hydroxyl groups excluding tert-OH is 1. The number of benzene rings is 12. The Bertz CT molecular complexity index is 5420. The Labute approximate surface area is 680 Å². The van der Waals surface area contributed by atoms with E-state index in [-0.39, 0.29) is 19.8 Å². The average Bonchev–Trinajstić information content (AvgIpc) is 1.54. The van der Waals surface area contributed by atoms with E-state index in [4.69, 9.17) is 116 Å². The standard InChI is InChI=1S/C25H26Cl2O3.C23H22Cl2O3.C21H18Cl2O3.C21H16Cl2O3/c1-6-29-24(28)23(30-25(3,4)5)21-15(2)13-17-9-12-19(27)14-20(17)22(21)16-7-10-18(26)11-8-16;1-13-11-15-7-10-17(25)12-18(15)20(14-5-8-16(24)9-6-14)19(13)21(22(26)27)28-23(2,3)4;2*1-3-26-21(25)20(24)18-12(2)10-14-6-9-16(23)11-17(14)19(18)13-4-7-15(22)8-5-13/h7-14,23H,6H2,1-5H3;5-12,21H,1-4H3,(H,26,27);4-11,20,24H,3H2,1-2H3;4-11H,3H2,1-2H3. The van der Waals surface area contributed by atoms with Crippen LogP contribution in [0.15, 0.2) is 194 Å². The SMILES string of the molecule is CCOC(=O)C(=O)c1c(C)cc2ccc(Cl)cc2c1-c1ccc(Cl)cc1.CCOC(=O)C(O)c1c(C)cc2ccc(Cl)cc2c1-c1ccc(Cl)cc1.CCOC(=O)C(OC(C)(C)C)c1c(C)cc2ccc(Cl)cc2c1-c1ccc(Cl)cc1.Cc1cc2ccc(Cl)cc2c(-c2ccc(Cl)cc2)c1C(OC(C)(C)C)C(=O)O. The molecule has 0 radical (unpaired) electrons. The van der Waals surface area contributed by atoms with E-state index in [0.717, 1.165) is 104 Å². The number of Topliss-reactive ketones (excluding diaryl/α,β-unsaturated/α-hetero) is 1. The molecule has 570 valence electrons. The Morgan fingerprint density at radius 3 is 0.945 bits per heavy atom. The van der Waals surface area contributed by atoms with E-state index in [1.54, 1.807) is 76.2 Å². The molecule has 0 spiro atoms. The van der Waals surface area contributed by atoms with Gasteiger partial charge < -0.3 is 33.9 Å². The van der Waals surface area contributed by atoms with Gasteiger partial charge in [-0.3, -0.25) is 4.79 Å². The van der Waals surface area contributed by atoms with E-state index >= 15 is 0 Å². The predicted octanol–water partition coefficient (Wildman–Crippen LogP) is 26.2. The monoisotopic (exact) mass is 1630 g/mol. The molecule has 0 saturated heterocycles. The van der Waals surface area contributed by atoms with Crippen molar-refractivity contribution in [1.82, 2.24) is 0 Å². The fourth-order valence-corrected chi connectivity index (χ4v) is 14.3. The minimum absolute atomic E-state index is 0.138. The Morgan fingerprint density at radius 2 is 0.618 bits per heavy atom. The zero-order valence-corrected chi connectivity index (χ0v) is 68.9. The number of carbonyl (C=O) groups is 5. The normalized spacial score (nSPS) is 12.2. The van der Waals surface area contributed by atoms with Crippen molar-refractivity contribution in [2.45, 2.75) is 120 Å². The second-order valence-electron chi connectivity index (χ2n) is 27.9. The fraction of sp³-hybridized carbons (Fsp3) is 0.233. The predicted molar refractivity (Wildman–Crippen MR) is 451 cm³/mol. The number of hydrogen-bond donors (Lipinski definition) is 2. The van der Waals surface area contributed by atoms with Gasteiger partial charge in [-0.15, -0.1) is 0 Å². The van der Waals surface area contributed by atoms with Gasteiger partial charge in [-0.2, -0.15) is 0 Å². The molecule has 0 aliphatic rings. The number of hydrogen-bond acceptors (Lipinski definition) is 11. The topological polar surface area (TPSA) is 172 Å². The zero-order valence-electron chi connectivity index (χ0n) is 62.8. The van der Waals surface area contributed by atoms with Crippen LogP contribution in [0.25, 0.3) is 87.6 Å². The van der Waals surface area contributed by atoms with Gasteiger partial charge in [0.1, 0.15) is 0 Å². The summed E-state index contributed by atoms with van der Waals surface area (Å²) in [7, 11) is 0. The number of rotatable bonds is 17. The first kappa shape index (κ1) is 85.4. The lowest BCUT2D eigenvalue weighted by atomic mass is 9.87. The first-order valence-electron chi connectivity index (χ1n) is 35.3. The number of carbonyl (C=O) groups excluding carboxylic acids is 4. The summed E-state index contributed by atoms with van der Waals surface area (Å²) in [5.41, 5.74) is 10.8. The minimum Gasteiger partial charge on any atom is -0.479 e. The third kappa shape index (κ3) is 21.0. The van der Waals surface area contributed by atoms with Gasteiger partial charge in [-0.05, 0) is 291 Å². The molecular formula is C90H82Cl8O12. The molecule has 12 rings (SSSR count). The highest BCUT2D eigenvalue weighted by Crippen LogP contribution is 2.46. The van der Waals surface area contributed by atoms with Crippen molar-refractivity contribution in [3.63, 3.8) is 0 Å². The van der Waals surface area contributed by atoms with Crippen LogP contribution in [0.3, 0.4) is 0 Å². The quantitative estimate of drug-likeness (QED) is 0.0383. The summed E-state index contributed by atoms with van der Waals surface area (Å²) < 4.78 is 27.6. The zero-order chi connectivity index (χ0) is 80.4. The van der Waals surface area contributed by atoms with Crippen molar-refractivity contribution >= 4 is 166 Å². The third-order valence-corrected chi connectivity index (χ3v) is 19.5. The summed E-state index contributed by atoms with van der Waals surface area (Å²) in [5, 5.41) is 32.8. The number of aliphatic carboxylic acids is 1. The van der Waals surface area contributed by atoms with Gasteiger partial charge in [0.05, 0.1) is 31.0 Å². The average molecular weight is 1640 g/mol. The smallest absolute Gasteiger partial charge is 0.379 e. The maximum Gasteiger partial charge on any atom is 0.379 e.